The fraction of sp³-hybridized carbons (Fsp3) is 0.529. The van der Waals surface area contributed by atoms with Gasteiger partial charge in [0.15, 0.2) is 0 Å². The number of hydrogen-bond donors (Lipinski definition) is 3. The first-order valence-corrected chi connectivity index (χ1v) is 8.20. The number of amides is 1. The van der Waals surface area contributed by atoms with E-state index in [-0.39, 0.29) is 11.8 Å². The van der Waals surface area contributed by atoms with Crippen molar-refractivity contribution in [2.75, 3.05) is 5.32 Å². The van der Waals surface area contributed by atoms with Crippen LogP contribution in [0.15, 0.2) is 24.4 Å². The van der Waals surface area contributed by atoms with Crippen molar-refractivity contribution in [1.29, 1.82) is 0 Å². The van der Waals surface area contributed by atoms with Gasteiger partial charge in [0.25, 0.3) is 0 Å². The van der Waals surface area contributed by atoms with Crippen molar-refractivity contribution in [3.05, 3.63) is 24.4 Å². The molecule has 2 bridgehead atoms. The van der Waals surface area contributed by atoms with E-state index in [2.05, 4.69) is 15.5 Å². The van der Waals surface area contributed by atoms with Crippen LogP contribution in [0.1, 0.15) is 32.1 Å². The molecule has 2 saturated carbocycles. The normalized spacial score (nSPS) is 31.1. The molecule has 116 valence electrons. The van der Waals surface area contributed by atoms with Crippen molar-refractivity contribution in [2.45, 2.75) is 38.1 Å². The van der Waals surface area contributed by atoms with E-state index in [0.717, 1.165) is 29.4 Å². The summed E-state index contributed by atoms with van der Waals surface area (Å²) in [6.45, 7) is 0. The molecule has 22 heavy (non-hydrogen) atoms. The van der Waals surface area contributed by atoms with Crippen LogP contribution >= 0.6 is 0 Å². The predicted octanol–water partition coefficient (Wildman–Crippen LogP) is 2.66. The summed E-state index contributed by atoms with van der Waals surface area (Å²) in [6.07, 6.45) is 7.29. The first-order valence-electron chi connectivity index (χ1n) is 8.20. The van der Waals surface area contributed by atoms with Gasteiger partial charge in [-0.3, -0.25) is 9.89 Å². The lowest BCUT2D eigenvalue weighted by Crippen LogP contribution is -2.48. The Labute approximate surface area is 129 Å². The van der Waals surface area contributed by atoms with Gasteiger partial charge in [-0.15, -0.1) is 0 Å². The molecule has 0 saturated heterocycles. The number of anilines is 1. The third kappa shape index (κ3) is 2.39. The SMILES string of the molecule is NC1C2CCCC1CC(C(=O)Nc1ccc3[nH]ncc3c1)C2. The number of fused-ring (bicyclic) bond motifs is 3. The van der Waals surface area contributed by atoms with Crippen LogP contribution in [0.2, 0.25) is 0 Å². The molecule has 2 aromatic rings. The Hall–Kier alpha value is -1.88. The van der Waals surface area contributed by atoms with E-state index in [1.165, 1.54) is 19.3 Å². The van der Waals surface area contributed by atoms with Crippen LogP contribution < -0.4 is 11.1 Å². The Morgan fingerprint density at radius 1 is 1.27 bits per heavy atom. The maximum atomic E-state index is 12.6. The number of carbonyl (C=O) groups excluding carboxylic acids is 1. The largest absolute Gasteiger partial charge is 0.327 e. The number of H-pyrrole nitrogens is 1. The molecule has 1 aromatic heterocycles. The van der Waals surface area contributed by atoms with E-state index in [1.807, 2.05) is 18.2 Å². The van der Waals surface area contributed by atoms with Crippen LogP contribution in [0.25, 0.3) is 10.9 Å². The fourth-order valence-corrected chi connectivity index (χ4v) is 4.27. The van der Waals surface area contributed by atoms with Crippen molar-refractivity contribution in [1.82, 2.24) is 10.2 Å². The zero-order valence-corrected chi connectivity index (χ0v) is 12.6. The van der Waals surface area contributed by atoms with Crippen LogP contribution in [-0.4, -0.2) is 22.1 Å². The number of hydrogen-bond acceptors (Lipinski definition) is 3. The van der Waals surface area contributed by atoms with Gasteiger partial charge in [-0.1, -0.05) is 6.42 Å². The lowest BCUT2D eigenvalue weighted by Gasteiger charge is -2.43. The molecule has 4 N–H and O–H groups in total. The molecule has 0 aliphatic heterocycles. The van der Waals surface area contributed by atoms with Gasteiger partial charge in [-0.25, -0.2) is 0 Å². The zero-order valence-electron chi connectivity index (χ0n) is 12.6. The first-order chi connectivity index (χ1) is 10.7. The average molecular weight is 298 g/mol. The van der Waals surface area contributed by atoms with Gasteiger partial charge in [-0.05, 0) is 55.7 Å². The molecule has 2 aliphatic carbocycles. The van der Waals surface area contributed by atoms with E-state index in [9.17, 15) is 4.79 Å². The van der Waals surface area contributed by atoms with Crippen molar-refractivity contribution < 1.29 is 4.79 Å². The summed E-state index contributed by atoms with van der Waals surface area (Å²) in [7, 11) is 0. The van der Waals surface area contributed by atoms with Crippen molar-refractivity contribution in [2.24, 2.45) is 23.5 Å². The van der Waals surface area contributed by atoms with Crippen LogP contribution in [0.4, 0.5) is 5.69 Å². The number of nitrogens with two attached hydrogens (primary N) is 1. The molecule has 1 heterocycles. The quantitative estimate of drug-likeness (QED) is 0.797. The summed E-state index contributed by atoms with van der Waals surface area (Å²) in [5.41, 5.74) is 8.14. The number of rotatable bonds is 2. The van der Waals surface area contributed by atoms with E-state index < -0.39 is 0 Å². The number of aromatic amines is 1. The smallest absolute Gasteiger partial charge is 0.227 e. The summed E-state index contributed by atoms with van der Waals surface area (Å²) in [5.74, 6) is 1.31. The predicted molar refractivity (Wildman–Crippen MR) is 86.3 cm³/mol. The molecule has 1 aromatic carbocycles. The van der Waals surface area contributed by atoms with Gasteiger partial charge in [0.2, 0.25) is 5.91 Å². The monoisotopic (exact) mass is 298 g/mol. The maximum Gasteiger partial charge on any atom is 0.227 e. The molecular formula is C17H22N4O. The lowest BCUT2D eigenvalue weighted by molar-refractivity contribution is -0.122. The average Bonchev–Trinajstić information content (AvgIpc) is 2.94. The van der Waals surface area contributed by atoms with E-state index >= 15 is 0 Å². The van der Waals surface area contributed by atoms with E-state index in [1.54, 1.807) is 6.20 Å². The molecule has 2 aliphatic rings. The number of aromatic nitrogens is 2. The fourth-order valence-electron chi connectivity index (χ4n) is 4.27. The van der Waals surface area contributed by atoms with E-state index in [0.29, 0.717) is 17.9 Å². The minimum absolute atomic E-state index is 0.107. The summed E-state index contributed by atoms with van der Waals surface area (Å²) in [4.78, 5) is 12.6. The minimum atomic E-state index is 0.107. The van der Waals surface area contributed by atoms with Crippen molar-refractivity contribution >= 4 is 22.5 Å². The van der Waals surface area contributed by atoms with Crippen LogP contribution in [0, 0.1) is 17.8 Å². The number of carbonyl (C=O) groups is 1. The van der Waals surface area contributed by atoms with Crippen molar-refractivity contribution in [3.8, 4) is 0 Å². The summed E-state index contributed by atoms with van der Waals surface area (Å²) >= 11 is 0. The third-order valence-corrected chi connectivity index (χ3v) is 5.49. The Balaban J connectivity index is 1.47. The van der Waals surface area contributed by atoms with Crippen LogP contribution in [0.5, 0.6) is 0 Å². The standard InChI is InChI=1S/C17H22N4O/c18-16-10-2-1-3-11(16)7-12(6-10)17(22)20-14-4-5-15-13(8-14)9-19-21-15/h4-5,8-12,16H,1-3,6-7,18H2,(H,19,21)(H,20,22). The maximum absolute atomic E-state index is 12.6. The molecule has 2 unspecified atom stereocenters. The lowest BCUT2D eigenvalue weighted by atomic mass is 9.65. The van der Waals surface area contributed by atoms with Crippen LogP contribution in [0.3, 0.4) is 0 Å². The second-order valence-corrected chi connectivity index (χ2v) is 6.86. The van der Waals surface area contributed by atoms with Crippen LogP contribution in [-0.2, 0) is 4.79 Å². The van der Waals surface area contributed by atoms with E-state index in [4.69, 9.17) is 5.73 Å². The second-order valence-electron chi connectivity index (χ2n) is 6.86. The minimum Gasteiger partial charge on any atom is -0.327 e. The van der Waals surface area contributed by atoms with Gasteiger partial charge in [0.05, 0.1) is 11.7 Å². The molecular weight excluding hydrogens is 276 g/mol. The van der Waals surface area contributed by atoms with Gasteiger partial charge < -0.3 is 11.1 Å². The number of nitrogens with zero attached hydrogens (tertiary/aromatic N) is 1. The van der Waals surface area contributed by atoms with Gasteiger partial charge >= 0.3 is 0 Å². The first kappa shape index (κ1) is 13.8. The van der Waals surface area contributed by atoms with Gasteiger partial charge in [0.1, 0.15) is 0 Å². The Morgan fingerprint density at radius 2 is 2.05 bits per heavy atom. The molecule has 4 rings (SSSR count). The molecule has 0 spiro atoms. The van der Waals surface area contributed by atoms with Gasteiger partial charge in [0, 0.05) is 23.0 Å². The molecule has 2 atom stereocenters. The summed E-state index contributed by atoms with van der Waals surface area (Å²) in [5, 5.41) is 11.0. The third-order valence-electron chi connectivity index (χ3n) is 5.49. The summed E-state index contributed by atoms with van der Waals surface area (Å²) < 4.78 is 0. The molecule has 5 heteroatoms. The highest BCUT2D eigenvalue weighted by Crippen LogP contribution is 2.42. The molecule has 1 amide bonds. The topological polar surface area (TPSA) is 83.8 Å². The highest BCUT2D eigenvalue weighted by Gasteiger charge is 2.40. The molecule has 2 fully saturated rings. The Bertz CT molecular complexity index is 681. The number of benzene rings is 1. The molecule has 5 nitrogen and oxygen atoms in total. The number of nitrogens with one attached hydrogen (secondary N) is 2. The molecule has 0 radical (unpaired) electrons. The Morgan fingerprint density at radius 3 is 2.82 bits per heavy atom. The van der Waals surface area contributed by atoms with Crippen molar-refractivity contribution in [3.63, 3.8) is 0 Å². The summed E-state index contributed by atoms with van der Waals surface area (Å²) in [6, 6.07) is 6.14. The highest BCUT2D eigenvalue weighted by atomic mass is 16.1. The highest BCUT2D eigenvalue weighted by molar-refractivity contribution is 5.95. The van der Waals surface area contributed by atoms with Gasteiger partial charge in [-0.2, -0.15) is 5.10 Å². The zero-order chi connectivity index (χ0) is 15.1. The second kappa shape index (κ2) is 5.39. The Kier molecular flexibility index (Phi) is 3.37.